The number of nitrogens with zero attached hydrogens (tertiary/aromatic N) is 1. The van der Waals surface area contributed by atoms with E-state index in [1.165, 1.54) is 64.6 Å². The first-order valence-corrected chi connectivity index (χ1v) is 6.91. The Balaban J connectivity index is 1.56. The summed E-state index contributed by atoms with van der Waals surface area (Å²) in [6.45, 7) is 3.97. The van der Waals surface area contributed by atoms with Crippen LogP contribution in [0, 0.1) is 5.92 Å². The molecule has 3 aliphatic rings. The lowest BCUT2D eigenvalue weighted by atomic mass is 9.85. The first-order valence-electron chi connectivity index (χ1n) is 6.91. The molecule has 2 saturated heterocycles. The van der Waals surface area contributed by atoms with Crippen LogP contribution in [-0.4, -0.2) is 36.6 Å². The van der Waals surface area contributed by atoms with E-state index in [1.54, 1.807) is 0 Å². The number of fused-ring (bicyclic) bond motifs is 1. The Morgan fingerprint density at radius 3 is 2.80 bits per heavy atom. The van der Waals surface area contributed by atoms with E-state index >= 15 is 0 Å². The van der Waals surface area contributed by atoms with Crippen molar-refractivity contribution < 1.29 is 0 Å². The average molecular weight is 208 g/mol. The molecule has 0 aromatic heterocycles. The van der Waals surface area contributed by atoms with Gasteiger partial charge in [-0.3, -0.25) is 4.90 Å². The third-order valence-electron chi connectivity index (χ3n) is 4.74. The van der Waals surface area contributed by atoms with Crippen LogP contribution in [0.1, 0.15) is 44.9 Å². The van der Waals surface area contributed by atoms with E-state index in [4.69, 9.17) is 0 Å². The highest BCUT2D eigenvalue weighted by molar-refractivity contribution is 4.92. The zero-order valence-electron chi connectivity index (χ0n) is 9.75. The van der Waals surface area contributed by atoms with Crippen LogP contribution in [0.5, 0.6) is 0 Å². The third kappa shape index (κ3) is 2.07. The van der Waals surface area contributed by atoms with E-state index in [9.17, 15) is 0 Å². The lowest BCUT2D eigenvalue weighted by Crippen LogP contribution is -2.42. The standard InChI is InChI=1S/C13H24N2/c1-2-6-13-11(4-1)7-9-15(13)10-12-5-3-8-14-12/h11-14H,1-10H2. The molecule has 3 rings (SSSR count). The molecule has 3 atom stereocenters. The van der Waals surface area contributed by atoms with Gasteiger partial charge in [-0.1, -0.05) is 12.8 Å². The molecule has 0 amide bonds. The van der Waals surface area contributed by atoms with Gasteiger partial charge in [0.2, 0.25) is 0 Å². The van der Waals surface area contributed by atoms with E-state index in [-0.39, 0.29) is 0 Å². The minimum atomic E-state index is 0.811. The number of nitrogens with one attached hydrogen (secondary N) is 1. The molecule has 2 heteroatoms. The largest absolute Gasteiger partial charge is 0.313 e. The van der Waals surface area contributed by atoms with Crippen molar-refractivity contribution in [3.8, 4) is 0 Å². The summed E-state index contributed by atoms with van der Waals surface area (Å²) in [5, 5.41) is 3.64. The topological polar surface area (TPSA) is 15.3 Å². The molecular weight excluding hydrogens is 184 g/mol. The van der Waals surface area contributed by atoms with Gasteiger partial charge < -0.3 is 5.32 Å². The quantitative estimate of drug-likeness (QED) is 0.747. The second-order valence-corrected chi connectivity index (χ2v) is 5.69. The maximum atomic E-state index is 3.64. The molecule has 2 nitrogen and oxygen atoms in total. The predicted molar refractivity (Wildman–Crippen MR) is 63.0 cm³/mol. The molecule has 0 aromatic rings. The van der Waals surface area contributed by atoms with Crippen molar-refractivity contribution in [1.82, 2.24) is 10.2 Å². The number of likely N-dealkylation sites (tertiary alicyclic amines) is 1. The monoisotopic (exact) mass is 208 g/mol. The molecule has 15 heavy (non-hydrogen) atoms. The summed E-state index contributed by atoms with van der Waals surface area (Å²) in [4.78, 5) is 2.80. The Kier molecular flexibility index (Phi) is 2.98. The summed E-state index contributed by atoms with van der Waals surface area (Å²) in [5.74, 6) is 1.06. The fourth-order valence-electron chi connectivity index (χ4n) is 3.93. The average Bonchev–Trinajstić information content (AvgIpc) is 2.89. The van der Waals surface area contributed by atoms with Crippen molar-refractivity contribution in [3.63, 3.8) is 0 Å². The Bertz CT molecular complexity index is 211. The summed E-state index contributed by atoms with van der Waals surface area (Å²) >= 11 is 0. The highest BCUT2D eigenvalue weighted by Crippen LogP contribution is 2.36. The summed E-state index contributed by atoms with van der Waals surface area (Å²) in [6, 6.07) is 1.77. The van der Waals surface area contributed by atoms with E-state index in [2.05, 4.69) is 10.2 Å². The molecule has 0 spiro atoms. The van der Waals surface area contributed by atoms with Gasteiger partial charge in [0, 0.05) is 18.6 Å². The number of rotatable bonds is 2. The van der Waals surface area contributed by atoms with Crippen LogP contribution in [0.3, 0.4) is 0 Å². The summed E-state index contributed by atoms with van der Waals surface area (Å²) < 4.78 is 0. The fraction of sp³-hybridized carbons (Fsp3) is 1.00. The molecule has 1 aliphatic carbocycles. The maximum absolute atomic E-state index is 3.64. The Morgan fingerprint density at radius 1 is 1.00 bits per heavy atom. The van der Waals surface area contributed by atoms with E-state index in [1.807, 2.05) is 0 Å². The lowest BCUT2D eigenvalue weighted by molar-refractivity contribution is 0.170. The van der Waals surface area contributed by atoms with Gasteiger partial charge in [-0.2, -0.15) is 0 Å². The lowest BCUT2D eigenvalue weighted by Gasteiger charge is -2.33. The number of hydrogen-bond donors (Lipinski definition) is 1. The van der Waals surface area contributed by atoms with E-state index < -0.39 is 0 Å². The van der Waals surface area contributed by atoms with Crippen LogP contribution in [0.2, 0.25) is 0 Å². The Morgan fingerprint density at radius 2 is 1.93 bits per heavy atom. The normalized spacial score (nSPS) is 42.0. The second kappa shape index (κ2) is 4.42. The SMILES string of the molecule is C1CNC(CN2CCC3CCCCC32)C1. The highest BCUT2D eigenvalue weighted by atomic mass is 15.2. The van der Waals surface area contributed by atoms with Crippen molar-refractivity contribution in [2.24, 2.45) is 5.92 Å². The molecule has 1 N–H and O–H groups in total. The maximum Gasteiger partial charge on any atom is 0.0195 e. The van der Waals surface area contributed by atoms with Gasteiger partial charge in [-0.25, -0.2) is 0 Å². The van der Waals surface area contributed by atoms with Gasteiger partial charge >= 0.3 is 0 Å². The van der Waals surface area contributed by atoms with Gasteiger partial charge in [0.05, 0.1) is 0 Å². The van der Waals surface area contributed by atoms with Gasteiger partial charge in [0.1, 0.15) is 0 Å². The summed E-state index contributed by atoms with van der Waals surface area (Å²) in [5.41, 5.74) is 0. The van der Waals surface area contributed by atoms with Crippen molar-refractivity contribution in [2.45, 2.75) is 57.0 Å². The van der Waals surface area contributed by atoms with E-state index in [0.29, 0.717) is 0 Å². The van der Waals surface area contributed by atoms with Crippen LogP contribution in [0.15, 0.2) is 0 Å². The van der Waals surface area contributed by atoms with Crippen LogP contribution >= 0.6 is 0 Å². The van der Waals surface area contributed by atoms with Gasteiger partial charge in [-0.15, -0.1) is 0 Å². The predicted octanol–water partition coefficient (Wildman–Crippen LogP) is 2.00. The van der Waals surface area contributed by atoms with Crippen LogP contribution in [-0.2, 0) is 0 Å². The van der Waals surface area contributed by atoms with Crippen molar-refractivity contribution in [2.75, 3.05) is 19.6 Å². The minimum absolute atomic E-state index is 0.811. The third-order valence-corrected chi connectivity index (χ3v) is 4.74. The number of hydrogen-bond acceptors (Lipinski definition) is 2. The second-order valence-electron chi connectivity index (χ2n) is 5.69. The molecule has 0 radical (unpaired) electrons. The Hall–Kier alpha value is -0.0800. The Labute approximate surface area is 93.4 Å². The van der Waals surface area contributed by atoms with Crippen LogP contribution < -0.4 is 5.32 Å². The minimum Gasteiger partial charge on any atom is -0.313 e. The summed E-state index contributed by atoms with van der Waals surface area (Å²) in [6.07, 6.45) is 10.3. The molecule has 0 bridgehead atoms. The summed E-state index contributed by atoms with van der Waals surface area (Å²) in [7, 11) is 0. The first kappa shape index (κ1) is 10.1. The zero-order chi connectivity index (χ0) is 10.1. The highest BCUT2D eigenvalue weighted by Gasteiger charge is 2.36. The van der Waals surface area contributed by atoms with Crippen molar-refractivity contribution in [3.05, 3.63) is 0 Å². The van der Waals surface area contributed by atoms with Crippen LogP contribution in [0.25, 0.3) is 0 Å². The fourth-order valence-corrected chi connectivity index (χ4v) is 3.93. The van der Waals surface area contributed by atoms with Crippen LogP contribution in [0.4, 0.5) is 0 Å². The zero-order valence-corrected chi connectivity index (χ0v) is 9.75. The molecule has 2 aliphatic heterocycles. The molecule has 3 unspecified atom stereocenters. The molecular formula is C13H24N2. The van der Waals surface area contributed by atoms with E-state index in [0.717, 1.165) is 18.0 Å². The van der Waals surface area contributed by atoms with Crippen molar-refractivity contribution in [1.29, 1.82) is 0 Å². The molecule has 0 aromatic carbocycles. The molecule has 3 fully saturated rings. The molecule has 2 heterocycles. The smallest absolute Gasteiger partial charge is 0.0195 e. The molecule has 86 valence electrons. The van der Waals surface area contributed by atoms with Gasteiger partial charge in [0.15, 0.2) is 0 Å². The van der Waals surface area contributed by atoms with Crippen molar-refractivity contribution >= 4 is 0 Å². The van der Waals surface area contributed by atoms with Gasteiger partial charge in [-0.05, 0) is 51.1 Å². The molecule has 1 saturated carbocycles. The van der Waals surface area contributed by atoms with Gasteiger partial charge in [0.25, 0.3) is 0 Å². The first-order chi connectivity index (χ1) is 7.43.